The molecular weight excluding hydrogens is 452 g/mol. The maximum absolute atomic E-state index is 13.3. The zero-order valence-corrected chi connectivity index (χ0v) is 23.6. The second-order valence-corrected chi connectivity index (χ2v) is 14.1. The van der Waals surface area contributed by atoms with E-state index in [1.54, 1.807) is 6.92 Å². The van der Waals surface area contributed by atoms with Crippen molar-refractivity contribution in [3.63, 3.8) is 0 Å². The normalized spacial score (nSPS) is 48.8. The molecule has 0 radical (unpaired) electrons. The van der Waals surface area contributed by atoms with Crippen LogP contribution in [0.15, 0.2) is 11.1 Å². The molecule has 1 aliphatic heterocycles. The molecule has 36 heavy (non-hydrogen) atoms. The van der Waals surface area contributed by atoms with Gasteiger partial charge in [-0.1, -0.05) is 47.5 Å². The molecule has 0 amide bonds. The van der Waals surface area contributed by atoms with Crippen LogP contribution in [0, 0.1) is 39.4 Å². The number of fused-ring (bicyclic) bond motifs is 6. The van der Waals surface area contributed by atoms with E-state index in [9.17, 15) is 14.7 Å². The highest BCUT2D eigenvalue weighted by atomic mass is 16.6. The quantitative estimate of drug-likeness (QED) is 0.454. The van der Waals surface area contributed by atoms with Crippen molar-refractivity contribution in [2.45, 2.75) is 131 Å². The zero-order valence-electron chi connectivity index (χ0n) is 23.6. The molecule has 1 N–H and O–H groups in total. The van der Waals surface area contributed by atoms with E-state index in [4.69, 9.17) is 9.47 Å². The van der Waals surface area contributed by atoms with E-state index >= 15 is 0 Å². The van der Waals surface area contributed by atoms with Crippen molar-refractivity contribution in [1.29, 1.82) is 0 Å². The van der Waals surface area contributed by atoms with Crippen molar-refractivity contribution in [1.82, 2.24) is 0 Å². The maximum Gasteiger partial charge on any atom is 0.335 e. The molecule has 1 heterocycles. The Morgan fingerprint density at radius 3 is 2.44 bits per heavy atom. The molecule has 202 valence electrons. The molecule has 5 rings (SSSR count). The predicted molar refractivity (Wildman–Crippen MR) is 139 cm³/mol. The predicted octanol–water partition coefficient (Wildman–Crippen LogP) is 6.37. The smallest absolute Gasteiger partial charge is 0.335 e. The summed E-state index contributed by atoms with van der Waals surface area (Å²) in [5.41, 5.74) is 2.01. The summed E-state index contributed by atoms with van der Waals surface area (Å²) < 4.78 is 12.1. The van der Waals surface area contributed by atoms with Gasteiger partial charge in [-0.3, -0.25) is 4.79 Å². The third kappa shape index (κ3) is 3.50. The van der Waals surface area contributed by atoms with E-state index in [-0.39, 0.29) is 47.3 Å². The molecule has 0 saturated heterocycles. The van der Waals surface area contributed by atoms with Gasteiger partial charge >= 0.3 is 11.9 Å². The standard InChI is InChI=1S/C31H48O5/c1-8-28(4)13-9-14-29(5)21(28)12-15-30(6)22-11-10-20-19(3)35-27(34)26(20)31(22,7)24(17-23(29)30)36-25(33)16-18(2)32/h18-19,21-24,32H,8-17H2,1-7H3/t18?,19-,21?,22-,23?,24-,28-,29-,30-,31+/m0/s1. The summed E-state index contributed by atoms with van der Waals surface area (Å²) >= 11 is 0. The Balaban J connectivity index is 1.61. The zero-order chi connectivity index (χ0) is 26.3. The Morgan fingerprint density at radius 1 is 1.08 bits per heavy atom. The van der Waals surface area contributed by atoms with Crippen molar-refractivity contribution in [2.75, 3.05) is 0 Å². The van der Waals surface area contributed by atoms with Crippen LogP contribution < -0.4 is 0 Å². The van der Waals surface area contributed by atoms with Gasteiger partial charge in [0.1, 0.15) is 12.2 Å². The van der Waals surface area contributed by atoms with E-state index in [1.165, 1.54) is 38.5 Å². The number of esters is 2. The van der Waals surface area contributed by atoms with Crippen LogP contribution >= 0.6 is 0 Å². The molecule has 0 aromatic rings. The highest BCUT2D eigenvalue weighted by Crippen LogP contribution is 2.74. The molecule has 5 aliphatic rings. The van der Waals surface area contributed by atoms with Gasteiger partial charge in [-0.25, -0.2) is 4.79 Å². The monoisotopic (exact) mass is 500 g/mol. The lowest BCUT2D eigenvalue weighted by Gasteiger charge is -2.70. The summed E-state index contributed by atoms with van der Waals surface area (Å²) in [4.78, 5) is 26.3. The average Bonchev–Trinajstić information content (AvgIpc) is 3.08. The topological polar surface area (TPSA) is 72.8 Å². The van der Waals surface area contributed by atoms with Crippen molar-refractivity contribution in [3.05, 3.63) is 11.1 Å². The van der Waals surface area contributed by atoms with Gasteiger partial charge < -0.3 is 14.6 Å². The highest BCUT2D eigenvalue weighted by molar-refractivity contribution is 5.94. The first-order valence-electron chi connectivity index (χ1n) is 14.6. The number of carbonyl (C=O) groups is 2. The molecule has 0 aromatic carbocycles. The van der Waals surface area contributed by atoms with E-state index < -0.39 is 11.5 Å². The lowest BCUT2D eigenvalue weighted by atomic mass is 9.35. The van der Waals surface area contributed by atoms with Crippen molar-refractivity contribution >= 4 is 11.9 Å². The first kappa shape index (κ1) is 26.3. The van der Waals surface area contributed by atoms with Gasteiger partial charge in [0.15, 0.2) is 0 Å². The number of hydrogen-bond donors (Lipinski definition) is 1. The molecule has 0 bridgehead atoms. The summed E-state index contributed by atoms with van der Waals surface area (Å²) in [6.45, 7) is 15.7. The van der Waals surface area contributed by atoms with Crippen LogP contribution in [0.3, 0.4) is 0 Å². The van der Waals surface area contributed by atoms with Gasteiger partial charge in [-0.15, -0.1) is 0 Å². The van der Waals surface area contributed by atoms with Gasteiger partial charge in [-0.2, -0.15) is 0 Å². The first-order chi connectivity index (χ1) is 16.8. The van der Waals surface area contributed by atoms with Crippen molar-refractivity contribution < 1.29 is 24.2 Å². The minimum absolute atomic E-state index is 0.0142. The molecular formula is C31H48O5. The molecule has 3 saturated carbocycles. The molecule has 4 aliphatic carbocycles. The maximum atomic E-state index is 13.3. The van der Waals surface area contributed by atoms with Crippen LogP contribution in [0.5, 0.6) is 0 Å². The molecule has 10 atom stereocenters. The highest BCUT2D eigenvalue weighted by Gasteiger charge is 2.70. The van der Waals surface area contributed by atoms with E-state index in [1.807, 2.05) is 6.92 Å². The largest absolute Gasteiger partial charge is 0.461 e. The Kier molecular flexibility index (Phi) is 6.26. The third-order valence-corrected chi connectivity index (χ3v) is 12.4. The molecule has 0 aromatic heterocycles. The summed E-state index contributed by atoms with van der Waals surface area (Å²) in [5.74, 6) is 0.811. The molecule has 5 heteroatoms. The number of ether oxygens (including phenoxy) is 2. The lowest BCUT2D eigenvalue weighted by Crippen LogP contribution is -2.66. The molecule has 0 spiro atoms. The number of cyclic esters (lactones) is 1. The number of aliphatic hydroxyl groups is 1. The SMILES string of the molecule is CC[C@@]1(C)CCC[C@@]2(C)C1CC[C@]1(C)C2C[C@H](OC(=O)CC(C)O)[C@]2(C)C3=C(CC[C@H]21)[C@H](C)OC3=O. The second kappa shape index (κ2) is 8.58. The van der Waals surface area contributed by atoms with Gasteiger partial charge in [0.05, 0.1) is 12.5 Å². The fourth-order valence-electron chi connectivity index (χ4n) is 10.6. The minimum Gasteiger partial charge on any atom is -0.461 e. The fraction of sp³-hybridized carbons (Fsp3) is 0.871. The number of hydrogen-bond acceptors (Lipinski definition) is 5. The average molecular weight is 501 g/mol. The fourth-order valence-corrected chi connectivity index (χ4v) is 10.6. The van der Waals surface area contributed by atoms with Crippen LogP contribution in [-0.4, -0.2) is 35.4 Å². The second-order valence-electron chi connectivity index (χ2n) is 14.1. The van der Waals surface area contributed by atoms with Crippen LogP contribution in [0.25, 0.3) is 0 Å². The summed E-state index contributed by atoms with van der Waals surface area (Å²) in [6, 6.07) is 0. The van der Waals surface area contributed by atoms with Gasteiger partial charge in [-0.05, 0) is 98.4 Å². The number of rotatable bonds is 4. The lowest BCUT2D eigenvalue weighted by molar-refractivity contribution is -0.228. The Labute approximate surface area is 217 Å². The summed E-state index contributed by atoms with van der Waals surface area (Å²) in [5, 5.41) is 9.90. The van der Waals surface area contributed by atoms with E-state index in [0.717, 1.165) is 30.4 Å². The van der Waals surface area contributed by atoms with Crippen LogP contribution in [0.4, 0.5) is 0 Å². The number of carbonyl (C=O) groups excluding carboxylic acids is 2. The number of aliphatic hydroxyl groups excluding tert-OH is 1. The van der Waals surface area contributed by atoms with Gasteiger partial charge in [0.2, 0.25) is 0 Å². The van der Waals surface area contributed by atoms with Crippen molar-refractivity contribution in [2.24, 2.45) is 39.4 Å². The van der Waals surface area contributed by atoms with Gasteiger partial charge in [0.25, 0.3) is 0 Å². The molecule has 3 fully saturated rings. The summed E-state index contributed by atoms with van der Waals surface area (Å²) in [7, 11) is 0. The summed E-state index contributed by atoms with van der Waals surface area (Å²) in [6.07, 6.45) is 8.82. The Bertz CT molecular complexity index is 968. The Morgan fingerprint density at radius 2 is 1.78 bits per heavy atom. The molecule has 3 unspecified atom stereocenters. The van der Waals surface area contributed by atoms with Crippen molar-refractivity contribution in [3.8, 4) is 0 Å². The van der Waals surface area contributed by atoms with E-state index in [0.29, 0.717) is 17.3 Å². The third-order valence-electron chi connectivity index (χ3n) is 12.4. The van der Waals surface area contributed by atoms with E-state index in [2.05, 4.69) is 34.6 Å². The van der Waals surface area contributed by atoms with Crippen LogP contribution in [-0.2, 0) is 19.1 Å². The van der Waals surface area contributed by atoms with Gasteiger partial charge in [0, 0.05) is 11.0 Å². The van der Waals surface area contributed by atoms with Crippen LogP contribution in [0.1, 0.15) is 113 Å². The minimum atomic E-state index is -0.743. The first-order valence-corrected chi connectivity index (χ1v) is 14.6. The van der Waals surface area contributed by atoms with Crippen LogP contribution in [0.2, 0.25) is 0 Å². The molecule has 5 nitrogen and oxygen atoms in total. The Hall–Kier alpha value is -1.36.